The lowest BCUT2D eigenvalue weighted by Crippen LogP contribution is -2.45. The average molecular weight is 482 g/mol. The molecule has 0 saturated carbocycles. The highest BCUT2D eigenvalue weighted by Gasteiger charge is 2.22. The second-order valence-corrected chi connectivity index (χ2v) is 7.66. The number of ether oxygens (including phenoxy) is 1. The summed E-state index contributed by atoms with van der Waals surface area (Å²) in [6.07, 6.45) is 3.70. The molecule has 184 valence electrons. The average Bonchev–Trinajstić information content (AvgIpc) is 3.24. The third kappa shape index (κ3) is 7.30. The maximum atomic E-state index is 13.0. The Morgan fingerprint density at radius 3 is 2.74 bits per heavy atom. The van der Waals surface area contributed by atoms with Crippen LogP contribution >= 0.6 is 0 Å². The van der Waals surface area contributed by atoms with Gasteiger partial charge >= 0.3 is 6.09 Å². The number of fused-ring (bicyclic) bond motifs is 1. The van der Waals surface area contributed by atoms with Crippen molar-refractivity contribution in [2.45, 2.75) is 25.4 Å². The summed E-state index contributed by atoms with van der Waals surface area (Å²) < 4.78 is 6.21. The summed E-state index contributed by atoms with van der Waals surface area (Å²) in [4.78, 5) is 51.9. The Balaban J connectivity index is 1.73. The van der Waals surface area contributed by atoms with E-state index in [-0.39, 0.29) is 38.3 Å². The third-order valence-electron chi connectivity index (χ3n) is 5.04. The first-order chi connectivity index (χ1) is 16.9. The molecule has 35 heavy (non-hydrogen) atoms. The van der Waals surface area contributed by atoms with Crippen molar-refractivity contribution < 1.29 is 24.2 Å². The molecular formula is C24H27N5O6. The zero-order chi connectivity index (χ0) is 25.2. The van der Waals surface area contributed by atoms with E-state index >= 15 is 0 Å². The van der Waals surface area contributed by atoms with Gasteiger partial charge < -0.3 is 35.8 Å². The highest BCUT2D eigenvalue weighted by Crippen LogP contribution is 2.15. The molecule has 11 nitrogen and oxygen atoms in total. The topological polar surface area (TPSA) is 169 Å². The van der Waals surface area contributed by atoms with Crippen LogP contribution in [0.3, 0.4) is 0 Å². The number of benzene rings is 1. The van der Waals surface area contributed by atoms with Crippen molar-refractivity contribution in [3.63, 3.8) is 0 Å². The summed E-state index contributed by atoms with van der Waals surface area (Å²) in [5.41, 5.74) is 6.45. The monoisotopic (exact) mass is 481 g/mol. The number of H-pyrrole nitrogens is 1. The van der Waals surface area contributed by atoms with Gasteiger partial charge in [0.2, 0.25) is 11.8 Å². The van der Waals surface area contributed by atoms with E-state index in [1.54, 1.807) is 12.3 Å². The number of anilines is 1. The Morgan fingerprint density at radius 2 is 2.00 bits per heavy atom. The van der Waals surface area contributed by atoms with Gasteiger partial charge in [-0.1, -0.05) is 24.3 Å². The first-order valence-corrected chi connectivity index (χ1v) is 10.9. The second-order valence-electron chi connectivity index (χ2n) is 7.66. The lowest BCUT2D eigenvalue weighted by Gasteiger charge is -2.18. The normalized spacial score (nSPS) is 11.9. The van der Waals surface area contributed by atoms with E-state index in [4.69, 9.17) is 15.6 Å². The second kappa shape index (κ2) is 12.2. The first kappa shape index (κ1) is 25.2. The largest absolute Gasteiger partial charge is 0.447 e. The molecule has 0 aliphatic rings. The van der Waals surface area contributed by atoms with Crippen LogP contribution in [0.4, 0.5) is 10.5 Å². The van der Waals surface area contributed by atoms with E-state index in [9.17, 15) is 19.2 Å². The molecule has 6 N–H and O–H groups in total. The van der Waals surface area contributed by atoms with Crippen LogP contribution in [0.25, 0.3) is 10.9 Å². The van der Waals surface area contributed by atoms with Crippen LogP contribution in [0.1, 0.15) is 18.5 Å². The summed E-state index contributed by atoms with van der Waals surface area (Å²) in [6.45, 7) is -0.339. The summed E-state index contributed by atoms with van der Waals surface area (Å²) >= 11 is 0. The first-order valence-electron chi connectivity index (χ1n) is 10.9. The molecule has 0 fully saturated rings. The molecule has 0 spiro atoms. The zero-order valence-corrected chi connectivity index (χ0v) is 18.9. The molecule has 1 aromatic carbocycles. The van der Waals surface area contributed by atoms with Crippen LogP contribution in [-0.4, -0.2) is 51.8 Å². The minimum absolute atomic E-state index is 0.0387. The number of allylic oxidation sites excluding steroid dienone is 1. The molecule has 2 aromatic heterocycles. The summed E-state index contributed by atoms with van der Waals surface area (Å²) in [5.74, 6) is -1.28. The molecule has 3 aromatic rings. The highest BCUT2D eigenvalue weighted by atomic mass is 16.6. The van der Waals surface area contributed by atoms with Gasteiger partial charge in [0.15, 0.2) is 0 Å². The number of amides is 3. The van der Waals surface area contributed by atoms with Gasteiger partial charge in [-0.25, -0.2) is 4.79 Å². The number of pyridine rings is 1. The van der Waals surface area contributed by atoms with Crippen LogP contribution in [0.5, 0.6) is 0 Å². The standard InChI is InChI=1S/C24H27N5O6/c25-21(31)10-4-3-8-19(28-24(34)35-13-12-30)22(32)27-20-9-5-11-29(23(20)33)15-17-14-16-6-1-2-7-18(16)26-17/h1-2,4-7,9-11,14,19,26,30H,3,8,12-13,15H2,(H2,25,31)(H,27,32)(H,28,34)/b10-4+/t19-/m0/s1. The number of hydrogen-bond donors (Lipinski definition) is 5. The van der Waals surface area contributed by atoms with Gasteiger partial charge in [-0.15, -0.1) is 0 Å². The molecule has 0 saturated heterocycles. The predicted octanol–water partition coefficient (Wildman–Crippen LogP) is 1.23. The van der Waals surface area contributed by atoms with Crippen molar-refractivity contribution >= 4 is 34.5 Å². The Morgan fingerprint density at radius 1 is 1.20 bits per heavy atom. The number of nitrogens with zero attached hydrogens (tertiary/aromatic N) is 1. The number of hydrogen-bond acceptors (Lipinski definition) is 6. The van der Waals surface area contributed by atoms with Gasteiger partial charge in [-0.3, -0.25) is 14.4 Å². The van der Waals surface area contributed by atoms with Gasteiger partial charge in [0.25, 0.3) is 5.56 Å². The molecule has 3 amide bonds. The number of alkyl carbamates (subject to hydrolysis) is 1. The van der Waals surface area contributed by atoms with Gasteiger partial charge in [0.05, 0.1) is 13.2 Å². The Kier molecular flexibility index (Phi) is 8.79. The van der Waals surface area contributed by atoms with Gasteiger partial charge in [-0.2, -0.15) is 0 Å². The fraction of sp³-hybridized carbons (Fsp3) is 0.250. The van der Waals surface area contributed by atoms with Crippen LogP contribution in [-0.2, 0) is 20.9 Å². The lowest BCUT2D eigenvalue weighted by atomic mass is 10.1. The molecule has 11 heteroatoms. The van der Waals surface area contributed by atoms with Crippen LogP contribution < -0.4 is 21.9 Å². The zero-order valence-electron chi connectivity index (χ0n) is 18.9. The smallest absolute Gasteiger partial charge is 0.407 e. The van der Waals surface area contributed by atoms with Crippen LogP contribution in [0, 0.1) is 0 Å². The quantitative estimate of drug-likeness (QED) is 0.258. The summed E-state index contributed by atoms with van der Waals surface area (Å²) in [7, 11) is 0. The molecule has 0 bridgehead atoms. The van der Waals surface area contributed by atoms with Crippen molar-refractivity contribution in [1.82, 2.24) is 14.9 Å². The third-order valence-corrected chi connectivity index (χ3v) is 5.04. The number of nitrogens with two attached hydrogens (primary N) is 1. The fourth-order valence-electron chi connectivity index (χ4n) is 3.43. The fourth-order valence-corrected chi connectivity index (χ4v) is 3.43. The van der Waals surface area contributed by atoms with Crippen molar-refractivity contribution in [2.24, 2.45) is 5.73 Å². The van der Waals surface area contributed by atoms with Crippen molar-refractivity contribution in [2.75, 3.05) is 18.5 Å². The van der Waals surface area contributed by atoms with E-state index in [0.717, 1.165) is 22.7 Å². The molecule has 2 heterocycles. The van der Waals surface area contributed by atoms with Crippen LogP contribution in [0.2, 0.25) is 0 Å². The number of primary amides is 1. The number of aliphatic hydroxyl groups is 1. The van der Waals surface area contributed by atoms with E-state index in [1.807, 2.05) is 30.3 Å². The number of aromatic amines is 1. The van der Waals surface area contributed by atoms with E-state index < -0.39 is 29.5 Å². The molecular weight excluding hydrogens is 454 g/mol. The number of carbonyl (C=O) groups excluding carboxylic acids is 3. The number of rotatable bonds is 11. The number of nitrogens with one attached hydrogen (secondary N) is 3. The lowest BCUT2D eigenvalue weighted by molar-refractivity contribution is -0.118. The predicted molar refractivity (Wildman–Crippen MR) is 130 cm³/mol. The molecule has 0 radical (unpaired) electrons. The maximum Gasteiger partial charge on any atom is 0.407 e. The number of aromatic nitrogens is 2. The molecule has 3 rings (SSSR count). The van der Waals surface area contributed by atoms with Gasteiger partial charge in [0.1, 0.15) is 18.3 Å². The Labute approximate surface area is 200 Å². The molecule has 1 atom stereocenters. The van der Waals surface area contributed by atoms with Crippen LogP contribution in [0.15, 0.2) is 65.6 Å². The summed E-state index contributed by atoms with van der Waals surface area (Å²) in [6, 6.07) is 11.7. The minimum Gasteiger partial charge on any atom is -0.447 e. The SMILES string of the molecule is NC(=O)/C=C/CC[C@H](NC(=O)OCCO)C(=O)Nc1cccn(Cc2cc3ccccc3[nH]2)c1=O. The number of para-hydroxylation sites is 1. The maximum absolute atomic E-state index is 13.0. The molecule has 0 unspecified atom stereocenters. The molecule has 0 aliphatic heterocycles. The van der Waals surface area contributed by atoms with Crippen molar-refractivity contribution in [1.29, 1.82) is 0 Å². The number of aliphatic hydroxyl groups excluding tert-OH is 1. The van der Waals surface area contributed by atoms with E-state index in [0.29, 0.717) is 0 Å². The van der Waals surface area contributed by atoms with Crippen molar-refractivity contribution in [3.05, 3.63) is 76.9 Å². The Hall–Kier alpha value is -4.38. The summed E-state index contributed by atoms with van der Waals surface area (Å²) in [5, 5.41) is 14.8. The van der Waals surface area contributed by atoms with Crippen molar-refractivity contribution in [3.8, 4) is 0 Å². The van der Waals surface area contributed by atoms with Gasteiger partial charge in [-0.05, 0) is 48.6 Å². The van der Waals surface area contributed by atoms with E-state index in [1.165, 1.54) is 16.7 Å². The number of carbonyl (C=O) groups is 3. The minimum atomic E-state index is -1.07. The molecule has 0 aliphatic carbocycles. The highest BCUT2D eigenvalue weighted by molar-refractivity contribution is 5.96. The van der Waals surface area contributed by atoms with E-state index in [2.05, 4.69) is 15.6 Å². The van der Waals surface area contributed by atoms with Gasteiger partial charge in [0, 0.05) is 17.4 Å². The Bertz CT molecular complexity index is 1250.